The van der Waals surface area contributed by atoms with Crippen LogP contribution in [0.25, 0.3) is 0 Å². The van der Waals surface area contributed by atoms with Crippen molar-refractivity contribution in [1.82, 2.24) is 4.90 Å². The molecule has 1 aromatic heterocycles. The van der Waals surface area contributed by atoms with E-state index < -0.39 is 0 Å². The smallest absolute Gasteiger partial charge is 0.205 e. The molecule has 0 saturated heterocycles. The average Bonchev–Trinajstić information content (AvgIpc) is 2.69. The number of nitrogens with zero attached hydrogens (tertiary/aromatic N) is 2. The minimum Gasteiger partial charge on any atom is -0.448 e. The molecular formula is C12H15Cl2N3O. The Morgan fingerprint density at radius 2 is 2.28 bits per heavy atom. The van der Waals surface area contributed by atoms with Gasteiger partial charge in [-0.2, -0.15) is 0 Å². The molecule has 1 N–H and O–H groups in total. The predicted molar refractivity (Wildman–Crippen MR) is 75.1 cm³/mol. The van der Waals surface area contributed by atoms with Gasteiger partial charge in [0.15, 0.2) is 0 Å². The summed E-state index contributed by atoms with van der Waals surface area (Å²) in [5.41, 5.74) is 0.910. The number of nitrogens with one attached hydrogen (secondary N) is 1. The van der Waals surface area contributed by atoms with Crippen molar-refractivity contribution in [3.8, 4) is 0 Å². The van der Waals surface area contributed by atoms with Gasteiger partial charge in [0.05, 0.1) is 11.8 Å². The molecule has 0 fully saturated rings. The van der Waals surface area contributed by atoms with Gasteiger partial charge in [-0.25, -0.2) is 0 Å². The number of furan rings is 1. The molecule has 98 valence electrons. The van der Waals surface area contributed by atoms with Gasteiger partial charge in [-0.05, 0) is 26.8 Å². The molecule has 6 heteroatoms. The molecule has 1 aliphatic rings. The van der Waals surface area contributed by atoms with Gasteiger partial charge in [-0.3, -0.25) is 4.99 Å². The van der Waals surface area contributed by atoms with Crippen molar-refractivity contribution in [3.63, 3.8) is 0 Å². The summed E-state index contributed by atoms with van der Waals surface area (Å²) in [6, 6.07) is 2.04. The topological polar surface area (TPSA) is 40.8 Å². The number of rotatable bonds is 2. The van der Waals surface area contributed by atoms with Crippen molar-refractivity contribution in [2.45, 2.75) is 33.0 Å². The Hall–Kier alpha value is -1.13. The summed E-state index contributed by atoms with van der Waals surface area (Å²) < 4.78 is 5.57. The van der Waals surface area contributed by atoms with Crippen LogP contribution in [0.3, 0.4) is 0 Å². The summed E-state index contributed by atoms with van der Waals surface area (Å²) >= 11 is 11.5. The number of fused-ring (bicyclic) bond motifs is 1. The van der Waals surface area contributed by atoms with Crippen molar-refractivity contribution in [2.75, 3.05) is 5.32 Å². The van der Waals surface area contributed by atoms with E-state index in [2.05, 4.69) is 10.3 Å². The fourth-order valence-electron chi connectivity index (χ4n) is 1.84. The Morgan fingerprint density at radius 1 is 1.56 bits per heavy atom. The zero-order valence-electron chi connectivity index (χ0n) is 10.4. The molecular weight excluding hydrogens is 273 g/mol. The van der Waals surface area contributed by atoms with Crippen molar-refractivity contribution in [3.05, 3.63) is 28.6 Å². The maximum absolute atomic E-state index is 5.76. The summed E-state index contributed by atoms with van der Waals surface area (Å²) in [6.07, 6.45) is 3.25. The molecule has 0 amide bonds. The Bertz CT molecular complexity index is 489. The highest BCUT2D eigenvalue weighted by atomic mass is 35.5. The highest BCUT2D eigenvalue weighted by Gasteiger charge is 2.29. The second-order valence-electron chi connectivity index (χ2n) is 4.36. The first-order chi connectivity index (χ1) is 8.49. The number of aliphatic imine (C=N–C) groups is 1. The number of amidine groups is 1. The lowest BCUT2D eigenvalue weighted by Gasteiger charge is -2.34. The van der Waals surface area contributed by atoms with Gasteiger partial charge < -0.3 is 14.6 Å². The lowest BCUT2D eigenvalue weighted by Crippen LogP contribution is -2.44. The number of hydrogen-bond acceptors (Lipinski definition) is 3. The third kappa shape index (κ3) is 2.65. The molecule has 0 aromatic carbocycles. The second kappa shape index (κ2) is 5.24. The summed E-state index contributed by atoms with van der Waals surface area (Å²) in [5.74, 6) is 1.52. The summed E-state index contributed by atoms with van der Waals surface area (Å²) in [5, 5.41) is 3.22. The van der Waals surface area contributed by atoms with Crippen LogP contribution in [0.2, 0.25) is 0 Å². The third-order valence-corrected chi connectivity index (χ3v) is 2.72. The Morgan fingerprint density at radius 3 is 2.89 bits per heavy atom. The van der Waals surface area contributed by atoms with Crippen LogP contribution >= 0.6 is 23.2 Å². The van der Waals surface area contributed by atoms with Crippen molar-refractivity contribution >= 4 is 34.9 Å². The molecule has 0 spiro atoms. The highest BCUT2D eigenvalue weighted by molar-refractivity contribution is 6.55. The van der Waals surface area contributed by atoms with Crippen molar-refractivity contribution in [1.29, 1.82) is 0 Å². The zero-order valence-corrected chi connectivity index (χ0v) is 12.0. The monoisotopic (exact) mass is 287 g/mol. The van der Waals surface area contributed by atoms with Gasteiger partial charge in [-0.1, -0.05) is 23.2 Å². The van der Waals surface area contributed by atoms with E-state index in [1.807, 2.05) is 31.7 Å². The van der Waals surface area contributed by atoms with Gasteiger partial charge >= 0.3 is 0 Å². The summed E-state index contributed by atoms with van der Waals surface area (Å²) in [6.45, 7) is 6.02. The first-order valence-corrected chi connectivity index (χ1v) is 6.48. The molecule has 0 aliphatic carbocycles. The quantitative estimate of drug-likeness (QED) is 0.900. The fraction of sp³-hybridized carbons (Fsp3) is 0.417. The molecule has 0 saturated carbocycles. The Kier molecular flexibility index (Phi) is 3.88. The number of halogens is 2. The maximum atomic E-state index is 5.76. The van der Waals surface area contributed by atoms with Crippen LogP contribution in [-0.4, -0.2) is 22.9 Å². The first kappa shape index (κ1) is 13.3. The molecule has 0 radical (unpaired) electrons. The molecule has 1 atom stereocenters. The van der Waals surface area contributed by atoms with E-state index in [1.54, 1.807) is 12.5 Å². The standard InChI is InChI=1S/C12H15Cl2N3O/c1-7(2)15-11-9-4-5-18-12(9)16-8(3)17(11)6-10(13)14/h4-8,16H,1-3H3. The van der Waals surface area contributed by atoms with Crippen molar-refractivity contribution < 1.29 is 4.42 Å². The SMILES string of the molecule is CC(C)N=C1c2ccoc2NC(C)N1C=C(Cl)Cl. The molecule has 1 aromatic rings. The lowest BCUT2D eigenvalue weighted by molar-refractivity contribution is 0.438. The Balaban J connectivity index is 2.49. The zero-order chi connectivity index (χ0) is 13.3. The van der Waals surface area contributed by atoms with E-state index in [0.29, 0.717) is 0 Å². The van der Waals surface area contributed by atoms with Crippen LogP contribution < -0.4 is 5.32 Å². The molecule has 1 unspecified atom stereocenters. The van der Waals surface area contributed by atoms with Crippen LogP contribution in [0.1, 0.15) is 26.3 Å². The normalized spacial score (nSPS) is 20.9. The molecule has 2 heterocycles. The fourth-order valence-corrected chi connectivity index (χ4v) is 2.05. The minimum atomic E-state index is -0.0337. The molecule has 18 heavy (non-hydrogen) atoms. The predicted octanol–water partition coefficient (Wildman–Crippen LogP) is 3.78. The number of hydrogen-bond donors (Lipinski definition) is 1. The molecule has 0 bridgehead atoms. The maximum Gasteiger partial charge on any atom is 0.205 e. The van der Waals surface area contributed by atoms with Crippen LogP contribution in [0.4, 0.5) is 5.88 Å². The van der Waals surface area contributed by atoms with Crippen LogP contribution in [0.15, 0.2) is 32.4 Å². The van der Waals surface area contributed by atoms with Gasteiger partial charge in [0, 0.05) is 12.2 Å². The van der Waals surface area contributed by atoms with Gasteiger partial charge in [0.25, 0.3) is 0 Å². The van der Waals surface area contributed by atoms with Gasteiger partial charge in [-0.15, -0.1) is 0 Å². The molecule has 2 rings (SSSR count). The van der Waals surface area contributed by atoms with E-state index in [4.69, 9.17) is 27.6 Å². The summed E-state index contributed by atoms with van der Waals surface area (Å²) in [7, 11) is 0. The first-order valence-electron chi connectivity index (χ1n) is 5.72. The van der Waals surface area contributed by atoms with E-state index in [1.165, 1.54) is 0 Å². The second-order valence-corrected chi connectivity index (χ2v) is 5.36. The van der Waals surface area contributed by atoms with Gasteiger partial charge in [0.2, 0.25) is 5.88 Å². The number of anilines is 1. The van der Waals surface area contributed by atoms with Crippen LogP contribution in [0, 0.1) is 0 Å². The highest BCUT2D eigenvalue weighted by Crippen LogP contribution is 2.28. The molecule has 1 aliphatic heterocycles. The summed E-state index contributed by atoms with van der Waals surface area (Å²) in [4.78, 5) is 6.51. The van der Waals surface area contributed by atoms with E-state index in [0.717, 1.165) is 17.3 Å². The van der Waals surface area contributed by atoms with E-state index >= 15 is 0 Å². The largest absolute Gasteiger partial charge is 0.448 e. The lowest BCUT2D eigenvalue weighted by atomic mass is 10.2. The van der Waals surface area contributed by atoms with E-state index in [9.17, 15) is 0 Å². The van der Waals surface area contributed by atoms with Crippen molar-refractivity contribution in [2.24, 2.45) is 4.99 Å². The Labute approximate surface area is 116 Å². The third-order valence-electron chi connectivity index (χ3n) is 2.53. The average molecular weight is 288 g/mol. The molecule has 4 nitrogen and oxygen atoms in total. The van der Waals surface area contributed by atoms with Crippen LogP contribution in [-0.2, 0) is 0 Å². The minimum absolute atomic E-state index is 0.0337. The van der Waals surface area contributed by atoms with Gasteiger partial charge in [0.1, 0.15) is 16.5 Å². The van der Waals surface area contributed by atoms with Crippen LogP contribution in [0.5, 0.6) is 0 Å². The van der Waals surface area contributed by atoms with E-state index in [-0.39, 0.29) is 16.7 Å².